The molecular formula is C12H12FN3S. The van der Waals surface area contributed by atoms with Crippen molar-refractivity contribution in [2.24, 2.45) is 0 Å². The Morgan fingerprint density at radius 1 is 1.47 bits per heavy atom. The molecule has 1 aliphatic rings. The van der Waals surface area contributed by atoms with Crippen molar-refractivity contribution in [2.45, 2.75) is 25.4 Å². The second-order valence-corrected chi connectivity index (χ2v) is 5.01. The minimum absolute atomic E-state index is 0.316. The largest absolute Gasteiger partial charge is 0.308 e. The summed E-state index contributed by atoms with van der Waals surface area (Å²) in [5, 5.41) is 6.09. The summed E-state index contributed by atoms with van der Waals surface area (Å²) >= 11 is 1.47. The first kappa shape index (κ1) is 10.8. The zero-order chi connectivity index (χ0) is 11.7. The number of aromatic nitrogens is 2. The fourth-order valence-electron chi connectivity index (χ4n) is 1.60. The number of nitrogens with zero attached hydrogens (tertiary/aromatic N) is 2. The van der Waals surface area contributed by atoms with Crippen molar-refractivity contribution < 1.29 is 4.39 Å². The minimum Gasteiger partial charge on any atom is -0.308 e. The lowest BCUT2D eigenvalue weighted by atomic mass is 10.3. The van der Waals surface area contributed by atoms with Crippen LogP contribution in [0.5, 0.6) is 0 Å². The minimum atomic E-state index is -0.316. The third-order valence-corrected chi connectivity index (χ3v) is 3.63. The fraction of sp³-hybridized carbons (Fsp3) is 0.333. The van der Waals surface area contributed by atoms with E-state index in [4.69, 9.17) is 0 Å². The summed E-state index contributed by atoms with van der Waals surface area (Å²) in [6, 6.07) is 2.32. The van der Waals surface area contributed by atoms with E-state index in [9.17, 15) is 4.39 Å². The van der Waals surface area contributed by atoms with Gasteiger partial charge in [-0.3, -0.25) is 4.98 Å². The molecule has 0 radical (unpaired) electrons. The molecule has 0 aliphatic heterocycles. The molecule has 1 aliphatic carbocycles. The highest BCUT2D eigenvalue weighted by atomic mass is 32.1. The molecule has 0 amide bonds. The first-order valence-electron chi connectivity index (χ1n) is 5.60. The van der Waals surface area contributed by atoms with E-state index in [-0.39, 0.29) is 5.82 Å². The highest BCUT2D eigenvalue weighted by molar-refractivity contribution is 7.13. The average Bonchev–Trinajstić information content (AvgIpc) is 3.06. The van der Waals surface area contributed by atoms with E-state index in [0.717, 1.165) is 17.2 Å². The lowest BCUT2D eigenvalue weighted by Crippen LogP contribution is -2.15. The summed E-state index contributed by atoms with van der Waals surface area (Å²) in [6.07, 6.45) is 5.33. The Labute approximate surface area is 103 Å². The molecule has 0 aromatic carbocycles. The smallest absolute Gasteiger partial charge is 0.151 e. The third-order valence-electron chi connectivity index (χ3n) is 2.70. The van der Waals surface area contributed by atoms with Gasteiger partial charge in [-0.1, -0.05) is 0 Å². The quantitative estimate of drug-likeness (QED) is 0.905. The Hall–Kier alpha value is -1.33. The number of pyridine rings is 1. The van der Waals surface area contributed by atoms with Crippen LogP contribution in [0, 0.1) is 5.82 Å². The van der Waals surface area contributed by atoms with Gasteiger partial charge in [-0.2, -0.15) is 0 Å². The van der Waals surface area contributed by atoms with Gasteiger partial charge >= 0.3 is 0 Å². The normalized spacial score (nSPS) is 15.1. The van der Waals surface area contributed by atoms with Crippen LogP contribution in [-0.4, -0.2) is 16.0 Å². The van der Waals surface area contributed by atoms with Crippen LogP contribution < -0.4 is 5.32 Å². The summed E-state index contributed by atoms with van der Waals surface area (Å²) in [5.41, 5.74) is 1.51. The van der Waals surface area contributed by atoms with Gasteiger partial charge in [-0.25, -0.2) is 9.37 Å². The maximum Gasteiger partial charge on any atom is 0.151 e. The van der Waals surface area contributed by atoms with Gasteiger partial charge in [0, 0.05) is 29.7 Å². The molecule has 0 saturated heterocycles. The van der Waals surface area contributed by atoms with Crippen LogP contribution in [0.4, 0.5) is 4.39 Å². The van der Waals surface area contributed by atoms with Crippen molar-refractivity contribution in [1.29, 1.82) is 0 Å². The molecule has 3 rings (SSSR count). The van der Waals surface area contributed by atoms with Crippen molar-refractivity contribution in [3.05, 3.63) is 35.4 Å². The van der Waals surface area contributed by atoms with Gasteiger partial charge in [-0.05, 0) is 18.9 Å². The van der Waals surface area contributed by atoms with Crippen molar-refractivity contribution in [3.8, 4) is 10.6 Å². The van der Waals surface area contributed by atoms with E-state index >= 15 is 0 Å². The summed E-state index contributed by atoms with van der Waals surface area (Å²) in [7, 11) is 0. The number of halogens is 1. The van der Waals surface area contributed by atoms with Gasteiger partial charge in [0.2, 0.25) is 0 Å². The fourth-order valence-corrected chi connectivity index (χ4v) is 2.44. The maximum atomic E-state index is 13.5. The van der Waals surface area contributed by atoms with E-state index in [0.29, 0.717) is 11.6 Å². The van der Waals surface area contributed by atoms with E-state index in [2.05, 4.69) is 15.3 Å². The van der Waals surface area contributed by atoms with Gasteiger partial charge in [0.25, 0.3) is 0 Å². The van der Waals surface area contributed by atoms with Crippen LogP contribution in [0.25, 0.3) is 10.6 Å². The van der Waals surface area contributed by atoms with Crippen LogP contribution in [-0.2, 0) is 6.54 Å². The predicted molar refractivity (Wildman–Crippen MR) is 65.2 cm³/mol. The number of hydrogen-bond donors (Lipinski definition) is 1. The van der Waals surface area contributed by atoms with Crippen molar-refractivity contribution >= 4 is 11.3 Å². The Kier molecular flexibility index (Phi) is 2.86. The lowest BCUT2D eigenvalue weighted by Gasteiger charge is -1.98. The van der Waals surface area contributed by atoms with Gasteiger partial charge in [-0.15, -0.1) is 11.3 Å². The Bertz CT molecular complexity index is 522. The van der Waals surface area contributed by atoms with E-state index < -0.39 is 0 Å². The molecule has 1 fully saturated rings. The molecule has 5 heteroatoms. The molecule has 2 aromatic rings. The zero-order valence-electron chi connectivity index (χ0n) is 9.19. The summed E-state index contributed by atoms with van der Waals surface area (Å²) in [4.78, 5) is 8.16. The van der Waals surface area contributed by atoms with Gasteiger partial charge in [0.15, 0.2) is 5.82 Å². The molecule has 0 spiro atoms. The van der Waals surface area contributed by atoms with Crippen molar-refractivity contribution in [2.75, 3.05) is 0 Å². The summed E-state index contributed by atoms with van der Waals surface area (Å²) in [5.74, 6) is -0.316. The molecule has 1 saturated carbocycles. The van der Waals surface area contributed by atoms with E-state index in [1.54, 1.807) is 12.3 Å². The maximum absolute atomic E-state index is 13.5. The van der Waals surface area contributed by atoms with Crippen LogP contribution in [0.1, 0.15) is 18.5 Å². The second kappa shape index (κ2) is 4.50. The molecule has 17 heavy (non-hydrogen) atoms. The lowest BCUT2D eigenvalue weighted by molar-refractivity contribution is 0.624. The van der Waals surface area contributed by atoms with Gasteiger partial charge in [0.1, 0.15) is 5.01 Å². The first-order valence-corrected chi connectivity index (χ1v) is 6.48. The Morgan fingerprint density at radius 3 is 3.12 bits per heavy atom. The molecule has 0 bridgehead atoms. The number of hydrogen-bond acceptors (Lipinski definition) is 4. The molecule has 2 aromatic heterocycles. The molecule has 0 atom stereocenters. The zero-order valence-corrected chi connectivity index (χ0v) is 10.0. The van der Waals surface area contributed by atoms with Crippen LogP contribution >= 0.6 is 11.3 Å². The highest BCUT2D eigenvalue weighted by Crippen LogP contribution is 2.26. The Morgan fingerprint density at radius 2 is 2.35 bits per heavy atom. The summed E-state index contributed by atoms with van der Waals surface area (Å²) in [6.45, 7) is 0.772. The molecule has 0 unspecified atom stereocenters. The van der Waals surface area contributed by atoms with Crippen LogP contribution in [0.3, 0.4) is 0 Å². The number of rotatable bonds is 4. The van der Waals surface area contributed by atoms with Crippen molar-refractivity contribution in [3.63, 3.8) is 0 Å². The van der Waals surface area contributed by atoms with Crippen LogP contribution in [0.2, 0.25) is 0 Å². The third kappa shape index (κ3) is 2.50. The number of thiazole rings is 1. The van der Waals surface area contributed by atoms with E-state index in [1.165, 1.54) is 30.4 Å². The number of nitrogens with one attached hydrogen (secondary N) is 1. The topological polar surface area (TPSA) is 37.8 Å². The molecule has 3 nitrogen and oxygen atoms in total. The van der Waals surface area contributed by atoms with Crippen molar-refractivity contribution in [1.82, 2.24) is 15.3 Å². The highest BCUT2D eigenvalue weighted by Gasteiger charge is 2.20. The average molecular weight is 249 g/mol. The molecule has 2 heterocycles. The Balaban J connectivity index is 1.77. The second-order valence-electron chi connectivity index (χ2n) is 4.15. The molecular weight excluding hydrogens is 237 g/mol. The predicted octanol–water partition coefficient (Wildman–Crippen LogP) is 2.60. The van der Waals surface area contributed by atoms with Crippen LogP contribution in [0.15, 0.2) is 23.8 Å². The SMILES string of the molecule is Fc1cnccc1-c1nc(CNC2CC2)cs1. The standard InChI is InChI=1S/C12H12FN3S/c13-11-6-14-4-3-10(11)12-16-9(7-17-12)5-15-8-1-2-8/h3-4,6-8,15H,1-2,5H2. The van der Waals surface area contributed by atoms with E-state index in [1.807, 2.05) is 5.38 Å². The van der Waals surface area contributed by atoms with Gasteiger partial charge in [0.05, 0.1) is 11.9 Å². The van der Waals surface area contributed by atoms with Gasteiger partial charge < -0.3 is 5.32 Å². The molecule has 1 N–H and O–H groups in total. The monoisotopic (exact) mass is 249 g/mol. The first-order chi connectivity index (χ1) is 8.33. The molecule has 88 valence electrons. The summed E-state index contributed by atoms with van der Waals surface area (Å²) < 4.78 is 13.5.